The van der Waals surface area contributed by atoms with Crippen LogP contribution in [0, 0.1) is 13.8 Å². The lowest BCUT2D eigenvalue weighted by molar-refractivity contribution is 0.0953. The Kier molecular flexibility index (Phi) is 7.91. The first kappa shape index (κ1) is 24.3. The number of nitrogens with zero attached hydrogens (tertiary/aromatic N) is 2. The van der Waals surface area contributed by atoms with Crippen molar-refractivity contribution in [3.05, 3.63) is 92.7 Å². The van der Waals surface area contributed by atoms with E-state index in [-0.39, 0.29) is 5.91 Å². The van der Waals surface area contributed by atoms with Gasteiger partial charge >= 0.3 is 0 Å². The van der Waals surface area contributed by atoms with Gasteiger partial charge in [-0.25, -0.2) is 4.98 Å². The van der Waals surface area contributed by atoms with Crippen LogP contribution in [0.1, 0.15) is 33.7 Å². The summed E-state index contributed by atoms with van der Waals surface area (Å²) in [6, 6.07) is 19.4. The number of hydrogen-bond acceptors (Lipinski definition) is 3. The number of halogens is 2. The molecule has 1 N–H and O–H groups in total. The number of rotatable bonds is 9. The van der Waals surface area contributed by atoms with Gasteiger partial charge in [0.1, 0.15) is 18.2 Å². The molecular formula is C27H27BrClN3O2. The molecule has 0 aliphatic carbocycles. The second-order valence-corrected chi connectivity index (χ2v) is 9.55. The Morgan fingerprint density at radius 3 is 2.53 bits per heavy atom. The van der Waals surface area contributed by atoms with Crippen molar-refractivity contribution in [3.8, 4) is 5.75 Å². The van der Waals surface area contributed by atoms with Gasteiger partial charge in [0.15, 0.2) is 0 Å². The van der Waals surface area contributed by atoms with Crippen LogP contribution in [-0.2, 0) is 13.0 Å². The van der Waals surface area contributed by atoms with E-state index in [9.17, 15) is 4.79 Å². The van der Waals surface area contributed by atoms with E-state index in [1.807, 2.05) is 68.4 Å². The summed E-state index contributed by atoms with van der Waals surface area (Å²) in [5.74, 6) is 1.75. The van der Waals surface area contributed by atoms with E-state index in [1.54, 1.807) is 0 Å². The molecule has 0 saturated carbocycles. The minimum Gasteiger partial charge on any atom is -0.492 e. The number of amides is 1. The topological polar surface area (TPSA) is 56.1 Å². The Morgan fingerprint density at radius 2 is 1.79 bits per heavy atom. The fourth-order valence-electron chi connectivity index (χ4n) is 3.96. The average molecular weight is 541 g/mol. The molecule has 0 bridgehead atoms. The third kappa shape index (κ3) is 5.80. The number of carbonyl (C=O) groups excluding carboxylic acids is 1. The van der Waals surface area contributed by atoms with E-state index in [2.05, 4.69) is 31.9 Å². The molecule has 0 aliphatic heterocycles. The van der Waals surface area contributed by atoms with E-state index < -0.39 is 0 Å². The van der Waals surface area contributed by atoms with Gasteiger partial charge in [0.2, 0.25) is 0 Å². The number of fused-ring (bicyclic) bond motifs is 1. The molecule has 0 aliphatic rings. The zero-order valence-electron chi connectivity index (χ0n) is 19.3. The molecular weight excluding hydrogens is 514 g/mol. The van der Waals surface area contributed by atoms with E-state index in [4.69, 9.17) is 21.3 Å². The van der Waals surface area contributed by atoms with Crippen molar-refractivity contribution >= 4 is 44.5 Å². The summed E-state index contributed by atoms with van der Waals surface area (Å²) in [5, 5.41) is 3.77. The highest BCUT2D eigenvalue weighted by atomic mass is 79.9. The fourth-order valence-corrected chi connectivity index (χ4v) is 4.34. The maximum absolute atomic E-state index is 12.3. The molecule has 3 aromatic carbocycles. The lowest BCUT2D eigenvalue weighted by Gasteiger charge is -2.13. The van der Waals surface area contributed by atoms with Crippen molar-refractivity contribution in [1.29, 1.82) is 0 Å². The third-order valence-electron chi connectivity index (χ3n) is 5.70. The number of nitrogens with one attached hydrogen (secondary N) is 1. The van der Waals surface area contributed by atoms with Crippen molar-refractivity contribution in [2.75, 3.05) is 13.2 Å². The highest BCUT2D eigenvalue weighted by molar-refractivity contribution is 9.10. The Morgan fingerprint density at radius 1 is 1.09 bits per heavy atom. The van der Waals surface area contributed by atoms with E-state index >= 15 is 0 Å². The maximum atomic E-state index is 12.3. The van der Waals surface area contributed by atoms with Gasteiger partial charge in [0.25, 0.3) is 5.91 Å². The second-order valence-electron chi connectivity index (χ2n) is 8.25. The predicted molar refractivity (Wildman–Crippen MR) is 141 cm³/mol. The van der Waals surface area contributed by atoms with Crippen LogP contribution in [-0.4, -0.2) is 28.6 Å². The molecule has 5 nitrogen and oxygen atoms in total. The second kappa shape index (κ2) is 11.1. The number of benzene rings is 3. The van der Waals surface area contributed by atoms with Gasteiger partial charge < -0.3 is 14.6 Å². The summed E-state index contributed by atoms with van der Waals surface area (Å²) in [6.07, 6.45) is 1.55. The molecule has 0 spiro atoms. The molecule has 0 saturated heterocycles. The van der Waals surface area contributed by atoms with E-state index in [1.165, 1.54) is 0 Å². The molecule has 1 aromatic heterocycles. The normalized spacial score (nSPS) is 11.1. The summed E-state index contributed by atoms with van der Waals surface area (Å²) >= 11 is 9.67. The quantitative estimate of drug-likeness (QED) is 0.246. The van der Waals surface area contributed by atoms with Crippen molar-refractivity contribution in [3.63, 3.8) is 0 Å². The van der Waals surface area contributed by atoms with Crippen molar-refractivity contribution in [2.45, 2.75) is 33.2 Å². The molecule has 0 radical (unpaired) electrons. The molecule has 0 fully saturated rings. The fraction of sp³-hybridized carbons (Fsp3) is 0.259. The summed E-state index contributed by atoms with van der Waals surface area (Å²) in [7, 11) is 0. The first-order valence-corrected chi connectivity index (χ1v) is 12.5. The molecule has 34 heavy (non-hydrogen) atoms. The Balaban J connectivity index is 1.38. The number of ether oxygens (including phenoxy) is 1. The lowest BCUT2D eigenvalue weighted by Crippen LogP contribution is -2.25. The zero-order chi connectivity index (χ0) is 24.1. The van der Waals surface area contributed by atoms with Crippen molar-refractivity contribution in [1.82, 2.24) is 14.9 Å². The van der Waals surface area contributed by atoms with Gasteiger partial charge in [-0.05, 0) is 79.9 Å². The van der Waals surface area contributed by atoms with Crippen molar-refractivity contribution in [2.24, 2.45) is 0 Å². The van der Waals surface area contributed by atoms with Crippen LogP contribution in [0.15, 0.2) is 65.1 Å². The van der Waals surface area contributed by atoms with Crippen LogP contribution in [0.3, 0.4) is 0 Å². The molecule has 4 rings (SSSR count). The standard InChI is InChI=1S/C27H27BrClN3O2/c1-18-16-22(17-19(2)26(18)29)34-15-14-32-24-7-4-3-6-23(24)31-25(32)8-5-13-30-27(33)20-9-11-21(28)12-10-20/h3-4,6-7,9-12,16-17H,5,8,13-15H2,1-2H3,(H,30,33). The molecule has 1 heterocycles. The molecule has 0 atom stereocenters. The maximum Gasteiger partial charge on any atom is 0.251 e. The van der Waals surface area contributed by atoms with Gasteiger partial charge in [-0.15, -0.1) is 0 Å². The Labute approximate surface area is 213 Å². The van der Waals surface area contributed by atoms with Crippen LogP contribution in [0.25, 0.3) is 11.0 Å². The molecule has 4 aromatic rings. The van der Waals surface area contributed by atoms with Crippen LogP contribution in [0.4, 0.5) is 0 Å². The predicted octanol–water partition coefficient (Wildman–Crippen LogP) is 6.51. The smallest absolute Gasteiger partial charge is 0.251 e. The number of carbonyl (C=O) groups is 1. The Hall–Kier alpha value is -2.83. The molecule has 176 valence electrons. The van der Waals surface area contributed by atoms with Gasteiger partial charge in [-0.3, -0.25) is 4.79 Å². The van der Waals surface area contributed by atoms with Crippen molar-refractivity contribution < 1.29 is 9.53 Å². The monoisotopic (exact) mass is 539 g/mol. The molecule has 1 amide bonds. The van der Waals surface area contributed by atoms with E-state index in [0.29, 0.717) is 25.3 Å². The van der Waals surface area contributed by atoms with Gasteiger partial charge in [-0.1, -0.05) is 39.7 Å². The van der Waals surface area contributed by atoms with Crippen LogP contribution in [0.2, 0.25) is 5.02 Å². The lowest BCUT2D eigenvalue weighted by atomic mass is 10.1. The van der Waals surface area contributed by atoms with Crippen LogP contribution in [0.5, 0.6) is 5.75 Å². The number of imidazole rings is 1. The van der Waals surface area contributed by atoms with E-state index in [0.717, 1.165) is 56.1 Å². The third-order valence-corrected chi connectivity index (χ3v) is 6.82. The summed E-state index contributed by atoms with van der Waals surface area (Å²) in [6.45, 7) is 5.76. The number of hydrogen-bond donors (Lipinski definition) is 1. The van der Waals surface area contributed by atoms with Crippen LogP contribution >= 0.6 is 27.5 Å². The van der Waals surface area contributed by atoms with Gasteiger partial charge in [0, 0.05) is 28.0 Å². The summed E-state index contributed by atoms with van der Waals surface area (Å²) < 4.78 is 9.21. The number of para-hydroxylation sites is 2. The highest BCUT2D eigenvalue weighted by Crippen LogP contribution is 2.26. The Bertz CT molecular complexity index is 1280. The average Bonchev–Trinajstić information content (AvgIpc) is 3.18. The minimum absolute atomic E-state index is 0.0667. The summed E-state index contributed by atoms with van der Waals surface area (Å²) in [4.78, 5) is 17.2. The largest absolute Gasteiger partial charge is 0.492 e. The van der Waals surface area contributed by atoms with Gasteiger partial charge in [-0.2, -0.15) is 0 Å². The van der Waals surface area contributed by atoms with Crippen LogP contribution < -0.4 is 10.1 Å². The minimum atomic E-state index is -0.0667. The first-order chi connectivity index (χ1) is 16.4. The highest BCUT2D eigenvalue weighted by Gasteiger charge is 2.12. The first-order valence-electron chi connectivity index (χ1n) is 11.3. The molecule has 0 unspecified atom stereocenters. The summed E-state index contributed by atoms with van der Waals surface area (Å²) in [5.41, 5.74) is 4.73. The van der Waals surface area contributed by atoms with Gasteiger partial charge in [0.05, 0.1) is 17.6 Å². The zero-order valence-corrected chi connectivity index (χ0v) is 21.6. The SMILES string of the molecule is Cc1cc(OCCn2c(CCCNC(=O)c3ccc(Br)cc3)nc3ccccc32)cc(C)c1Cl. The number of aromatic nitrogens is 2. The molecule has 7 heteroatoms. The number of aryl methyl sites for hydroxylation is 3.